The average Bonchev–Trinajstić information content (AvgIpc) is 3.21. The molecule has 7 nitrogen and oxygen atoms in total. The number of unbranched alkanes of at least 4 members (excludes halogenated alkanes) is 15. The smallest absolute Gasteiger partial charge is 0.352 e. The first-order valence-electron chi connectivity index (χ1n) is 17.8. The molecule has 0 bridgehead atoms. The molecule has 1 atom stereocenters. The number of nitrogens with zero attached hydrogens (tertiary/aromatic N) is 2. The Balaban J connectivity index is 1.31. The highest BCUT2D eigenvalue weighted by Gasteiger charge is 2.60. The lowest BCUT2D eigenvalue weighted by Crippen LogP contribution is -2.61. The van der Waals surface area contributed by atoms with Gasteiger partial charge in [-0.1, -0.05) is 121 Å². The number of ether oxygens (including phenoxy) is 3. The number of methoxy groups -OCH3 is 2. The fourth-order valence-corrected chi connectivity index (χ4v) is 7.77. The minimum absolute atomic E-state index is 0.141. The van der Waals surface area contributed by atoms with Crippen molar-refractivity contribution in [3.05, 3.63) is 51.6 Å². The van der Waals surface area contributed by atoms with E-state index in [1.807, 2.05) is 0 Å². The van der Waals surface area contributed by atoms with Crippen LogP contribution in [0.25, 0.3) is 0 Å². The van der Waals surface area contributed by atoms with E-state index in [0.717, 1.165) is 18.5 Å². The summed E-state index contributed by atoms with van der Waals surface area (Å²) in [7, 11) is 2.93. The molecule has 2 aliphatic rings. The maximum Gasteiger partial charge on any atom is 0.352 e. The van der Waals surface area contributed by atoms with E-state index < -0.39 is 10.6 Å². The van der Waals surface area contributed by atoms with Crippen LogP contribution in [0.15, 0.2) is 30.3 Å². The normalized spacial score (nSPS) is 18.0. The van der Waals surface area contributed by atoms with Gasteiger partial charge in [0.2, 0.25) is 11.5 Å². The third-order valence-corrected chi connectivity index (χ3v) is 10.4. The van der Waals surface area contributed by atoms with Gasteiger partial charge in [0.25, 0.3) is 0 Å². The van der Waals surface area contributed by atoms with Crippen molar-refractivity contribution in [2.75, 3.05) is 25.7 Å². The Hall–Kier alpha value is -2.96. The number of hydrogen-bond acceptors (Lipinski definition) is 6. The lowest BCUT2D eigenvalue weighted by atomic mass is 9.74. The molecule has 0 fully saturated rings. The van der Waals surface area contributed by atoms with Crippen molar-refractivity contribution < 1.29 is 19.1 Å². The molecule has 4 rings (SSSR count). The first kappa shape index (κ1) is 34.9. The van der Waals surface area contributed by atoms with E-state index >= 15 is 0 Å². The summed E-state index contributed by atoms with van der Waals surface area (Å²) < 4.78 is 18.1. The van der Waals surface area contributed by atoms with Crippen molar-refractivity contribution in [3.8, 4) is 17.2 Å². The second kappa shape index (κ2) is 16.6. The second-order valence-corrected chi connectivity index (χ2v) is 13.7. The molecule has 1 spiro atoms. The number of rotatable bonds is 20. The zero-order chi connectivity index (χ0) is 32.3. The Morgan fingerprint density at radius 1 is 0.844 bits per heavy atom. The van der Waals surface area contributed by atoms with Crippen LogP contribution in [0, 0.1) is 10.1 Å². The van der Waals surface area contributed by atoms with E-state index in [0.29, 0.717) is 18.6 Å². The summed E-state index contributed by atoms with van der Waals surface area (Å²) in [5.74, 6) is 1.01. The van der Waals surface area contributed by atoms with Crippen molar-refractivity contribution in [3.63, 3.8) is 0 Å². The number of nitro groups is 1. The highest BCUT2D eigenvalue weighted by atomic mass is 16.6. The molecule has 0 aromatic heterocycles. The van der Waals surface area contributed by atoms with E-state index in [4.69, 9.17) is 14.2 Å². The average molecular weight is 623 g/mol. The SMILES string of the molecule is CCCCCCCCCCCCCCCCCCN1c2ccccc2C(C)(C)C12CCc1c(cc(OC)c([N+](=O)[O-])c1OC)O2. The van der Waals surface area contributed by atoms with Gasteiger partial charge in [0.15, 0.2) is 5.72 Å². The zero-order valence-corrected chi connectivity index (χ0v) is 28.8. The zero-order valence-electron chi connectivity index (χ0n) is 28.8. The number of benzene rings is 2. The molecule has 1 unspecified atom stereocenters. The summed E-state index contributed by atoms with van der Waals surface area (Å²) in [6, 6.07) is 10.3. The Bertz CT molecular complexity index is 1240. The second-order valence-electron chi connectivity index (χ2n) is 13.7. The van der Waals surface area contributed by atoms with Crippen molar-refractivity contribution in [2.45, 2.75) is 147 Å². The topological polar surface area (TPSA) is 74.1 Å². The summed E-state index contributed by atoms with van der Waals surface area (Å²) in [6.07, 6.45) is 23.0. The van der Waals surface area contributed by atoms with Crippen molar-refractivity contribution in [2.24, 2.45) is 0 Å². The van der Waals surface area contributed by atoms with Gasteiger partial charge in [0.1, 0.15) is 5.75 Å². The highest BCUT2D eigenvalue weighted by Crippen LogP contribution is 2.58. The van der Waals surface area contributed by atoms with Gasteiger partial charge in [-0.25, -0.2) is 0 Å². The fourth-order valence-electron chi connectivity index (χ4n) is 7.77. The molecular formula is C38H58N2O5. The van der Waals surface area contributed by atoms with Gasteiger partial charge in [-0.05, 0) is 38.3 Å². The van der Waals surface area contributed by atoms with Crippen LogP contribution < -0.4 is 19.1 Å². The Morgan fingerprint density at radius 2 is 1.40 bits per heavy atom. The predicted molar refractivity (Wildman–Crippen MR) is 184 cm³/mol. The Kier molecular flexibility index (Phi) is 12.8. The van der Waals surface area contributed by atoms with Gasteiger partial charge in [-0.3, -0.25) is 10.1 Å². The number of nitro benzene ring substituents is 1. The van der Waals surface area contributed by atoms with Gasteiger partial charge in [0, 0.05) is 30.3 Å². The van der Waals surface area contributed by atoms with Crippen LogP contribution in [0.1, 0.15) is 141 Å². The lowest BCUT2D eigenvalue weighted by molar-refractivity contribution is -0.386. The predicted octanol–water partition coefficient (Wildman–Crippen LogP) is 10.7. The molecule has 45 heavy (non-hydrogen) atoms. The largest absolute Gasteiger partial charge is 0.490 e. The molecule has 0 N–H and O–H groups in total. The van der Waals surface area contributed by atoms with Crippen molar-refractivity contribution in [1.82, 2.24) is 0 Å². The highest BCUT2D eigenvalue weighted by molar-refractivity contribution is 5.70. The van der Waals surface area contributed by atoms with Gasteiger partial charge in [0.05, 0.1) is 24.6 Å². The summed E-state index contributed by atoms with van der Waals surface area (Å²) in [4.78, 5) is 14.0. The lowest BCUT2D eigenvalue weighted by Gasteiger charge is -2.50. The minimum atomic E-state index is -0.606. The summed E-state index contributed by atoms with van der Waals surface area (Å²) in [5, 5.41) is 11.9. The molecule has 2 aliphatic heterocycles. The number of anilines is 1. The maximum atomic E-state index is 11.9. The molecule has 0 saturated carbocycles. The van der Waals surface area contributed by atoms with Crippen LogP contribution in [-0.4, -0.2) is 31.4 Å². The van der Waals surface area contributed by atoms with Crippen LogP contribution in [0.4, 0.5) is 11.4 Å². The Morgan fingerprint density at radius 3 is 1.93 bits per heavy atom. The molecule has 0 aliphatic carbocycles. The monoisotopic (exact) mass is 622 g/mol. The molecule has 7 heteroatoms. The van der Waals surface area contributed by atoms with Gasteiger partial charge in [-0.15, -0.1) is 0 Å². The minimum Gasteiger partial charge on any atom is -0.490 e. The summed E-state index contributed by atoms with van der Waals surface area (Å²) in [6.45, 7) is 7.73. The van der Waals surface area contributed by atoms with E-state index in [2.05, 4.69) is 49.9 Å². The van der Waals surface area contributed by atoms with Gasteiger partial charge < -0.3 is 19.1 Å². The molecule has 0 saturated heterocycles. The molecule has 0 radical (unpaired) electrons. The van der Waals surface area contributed by atoms with Crippen LogP contribution in [0.2, 0.25) is 0 Å². The van der Waals surface area contributed by atoms with Gasteiger partial charge >= 0.3 is 5.69 Å². The van der Waals surface area contributed by atoms with E-state index in [1.54, 1.807) is 6.07 Å². The molecular weight excluding hydrogens is 564 g/mol. The molecule has 2 heterocycles. The molecule has 250 valence electrons. The molecule has 2 aromatic carbocycles. The standard InChI is InChI=1S/C38H58N2O5/c1-6-7-8-9-10-11-12-13-14-15-16-17-18-19-20-23-28-39-32-25-22-21-24-31(32)37(2,3)38(39)27-26-30-33(45-38)29-34(43-4)35(40(41)42)36(30)44-5/h21-22,24-25,29H,6-20,23,26-28H2,1-5H3. The first-order chi connectivity index (χ1) is 21.8. The van der Waals surface area contributed by atoms with E-state index in [9.17, 15) is 10.1 Å². The third kappa shape index (κ3) is 7.72. The summed E-state index contributed by atoms with van der Waals surface area (Å²) >= 11 is 0. The molecule has 0 amide bonds. The first-order valence-corrected chi connectivity index (χ1v) is 17.8. The van der Waals surface area contributed by atoms with Crippen LogP contribution in [0.5, 0.6) is 17.2 Å². The third-order valence-electron chi connectivity index (χ3n) is 10.4. The van der Waals surface area contributed by atoms with Crippen LogP contribution in [0.3, 0.4) is 0 Å². The van der Waals surface area contributed by atoms with Crippen molar-refractivity contribution >= 4 is 11.4 Å². The van der Waals surface area contributed by atoms with E-state index in [-0.39, 0.29) is 22.6 Å². The van der Waals surface area contributed by atoms with E-state index in [1.165, 1.54) is 122 Å². The van der Waals surface area contributed by atoms with Crippen LogP contribution in [-0.2, 0) is 11.8 Å². The number of hydrogen-bond donors (Lipinski definition) is 0. The van der Waals surface area contributed by atoms with Crippen molar-refractivity contribution in [1.29, 1.82) is 0 Å². The molecule has 2 aromatic rings. The fraction of sp³-hybridized carbons (Fsp3) is 0.684. The number of para-hydroxylation sites is 1. The maximum absolute atomic E-state index is 11.9. The number of fused-ring (bicyclic) bond motifs is 2. The quantitative estimate of drug-likeness (QED) is 0.0831. The van der Waals surface area contributed by atoms with Crippen LogP contribution >= 0.6 is 0 Å². The summed E-state index contributed by atoms with van der Waals surface area (Å²) in [5.41, 5.74) is 2.21. The Labute approximate surface area is 272 Å². The van der Waals surface area contributed by atoms with Gasteiger partial charge in [-0.2, -0.15) is 0 Å².